The molecule has 0 bridgehead atoms. The first-order chi connectivity index (χ1) is 15.4. The highest BCUT2D eigenvalue weighted by molar-refractivity contribution is 7.74. The summed E-state index contributed by atoms with van der Waals surface area (Å²) in [6.07, 6.45) is 1.89. The minimum Gasteiger partial charge on any atom is -0.455 e. The molecule has 3 aromatic rings. The van der Waals surface area contributed by atoms with E-state index in [0.717, 1.165) is 31.5 Å². The Labute approximate surface area is 187 Å². The molecule has 170 valence electrons. The van der Waals surface area contributed by atoms with Gasteiger partial charge in [0.05, 0.1) is 11.3 Å². The van der Waals surface area contributed by atoms with Gasteiger partial charge in [-0.2, -0.15) is 0 Å². The molecular formula is C23H26FN3O4S. The molecule has 2 heterocycles. The standard InChI is InChI=1S/C23H26FN3O4S/c1-3-27(32(29)30)19-12-20-18(11-17(19)15-5-4-10-26-13-15)21(23(28)25-2)22(31-20)14-6-8-16(24)9-7-14/h6-9,11-12,15,26,32H,3-5,10,13H2,1-2H3,(H,25,28). The first-order valence-electron chi connectivity index (χ1n) is 10.7. The third kappa shape index (κ3) is 4.10. The van der Waals surface area contributed by atoms with E-state index in [-0.39, 0.29) is 18.4 Å². The van der Waals surface area contributed by atoms with Crippen molar-refractivity contribution in [3.63, 3.8) is 0 Å². The summed E-state index contributed by atoms with van der Waals surface area (Å²) in [6.45, 7) is 3.71. The van der Waals surface area contributed by atoms with Crippen molar-refractivity contribution in [3.05, 3.63) is 53.3 Å². The van der Waals surface area contributed by atoms with Crippen molar-refractivity contribution >= 4 is 33.5 Å². The van der Waals surface area contributed by atoms with Gasteiger partial charge < -0.3 is 15.1 Å². The SMILES string of the molecule is CCN(c1cc2oc(-c3ccc(F)cc3)c(C(=O)NC)c2cc1C1CCCNC1)[SH](=O)=O. The van der Waals surface area contributed by atoms with Crippen LogP contribution in [0.5, 0.6) is 0 Å². The van der Waals surface area contributed by atoms with Gasteiger partial charge in [-0.15, -0.1) is 0 Å². The van der Waals surface area contributed by atoms with Crippen LogP contribution in [0.2, 0.25) is 0 Å². The van der Waals surface area contributed by atoms with Crippen LogP contribution in [0.25, 0.3) is 22.3 Å². The number of benzene rings is 2. The highest BCUT2D eigenvalue weighted by atomic mass is 32.2. The average Bonchev–Trinajstić information content (AvgIpc) is 3.17. The Balaban J connectivity index is 2.00. The normalized spacial score (nSPS) is 16.4. The fourth-order valence-corrected chi connectivity index (χ4v) is 4.93. The minimum atomic E-state index is -2.85. The Morgan fingerprint density at radius 3 is 2.62 bits per heavy atom. The van der Waals surface area contributed by atoms with Gasteiger partial charge >= 0.3 is 0 Å². The maximum absolute atomic E-state index is 13.5. The van der Waals surface area contributed by atoms with Crippen LogP contribution in [-0.2, 0) is 10.9 Å². The molecule has 2 aromatic carbocycles. The van der Waals surface area contributed by atoms with Crippen molar-refractivity contribution in [3.8, 4) is 11.3 Å². The molecule has 1 fully saturated rings. The molecule has 1 amide bonds. The number of carbonyl (C=O) groups is 1. The van der Waals surface area contributed by atoms with Crippen molar-refractivity contribution < 1.29 is 22.0 Å². The van der Waals surface area contributed by atoms with Crippen LogP contribution in [-0.4, -0.2) is 41.0 Å². The van der Waals surface area contributed by atoms with Gasteiger partial charge in [-0.3, -0.25) is 9.10 Å². The number of piperidine rings is 1. The maximum Gasteiger partial charge on any atom is 0.255 e. The number of rotatable bonds is 6. The molecule has 0 saturated carbocycles. The van der Waals surface area contributed by atoms with E-state index in [1.54, 1.807) is 25.1 Å². The number of hydrogen-bond donors (Lipinski definition) is 3. The van der Waals surface area contributed by atoms with Gasteiger partial charge in [-0.25, -0.2) is 12.8 Å². The largest absolute Gasteiger partial charge is 0.455 e. The van der Waals surface area contributed by atoms with Crippen molar-refractivity contribution in [2.24, 2.45) is 0 Å². The van der Waals surface area contributed by atoms with Gasteiger partial charge in [-0.1, -0.05) is 0 Å². The average molecular weight is 460 g/mol. The van der Waals surface area contributed by atoms with Gasteiger partial charge in [0, 0.05) is 37.2 Å². The first-order valence-corrected chi connectivity index (χ1v) is 11.8. The number of amides is 1. The Hall–Kier alpha value is -2.91. The molecule has 1 saturated heterocycles. The molecule has 7 nitrogen and oxygen atoms in total. The predicted molar refractivity (Wildman–Crippen MR) is 123 cm³/mol. The number of nitrogens with zero attached hydrogens (tertiary/aromatic N) is 1. The Bertz CT molecular complexity index is 1210. The third-order valence-corrected chi connectivity index (χ3v) is 6.80. The topological polar surface area (TPSA) is 91.7 Å². The summed E-state index contributed by atoms with van der Waals surface area (Å²) >= 11 is 0. The molecule has 1 aliphatic heterocycles. The molecule has 0 spiro atoms. The fourth-order valence-electron chi connectivity index (χ4n) is 4.35. The van der Waals surface area contributed by atoms with Crippen LogP contribution in [0.1, 0.15) is 41.6 Å². The second-order valence-corrected chi connectivity index (χ2v) is 8.75. The van der Waals surface area contributed by atoms with Crippen molar-refractivity contribution in [1.29, 1.82) is 0 Å². The molecular weight excluding hydrogens is 433 g/mol. The highest BCUT2D eigenvalue weighted by Gasteiger charge is 2.27. The van der Waals surface area contributed by atoms with E-state index in [2.05, 4.69) is 10.6 Å². The zero-order valence-corrected chi connectivity index (χ0v) is 18.9. The quantitative estimate of drug-likeness (QED) is 0.492. The number of furan rings is 1. The van der Waals surface area contributed by atoms with E-state index in [4.69, 9.17) is 4.42 Å². The lowest BCUT2D eigenvalue weighted by molar-refractivity contribution is 0.0964. The molecule has 9 heteroatoms. The highest BCUT2D eigenvalue weighted by Crippen LogP contribution is 2.41. The summed E-state index contributed by atoms with van der Waals surface area (Å²) in [4.78, 5) is 12.9. The molecule has 1 aromatic heterocycles. The lowest BCUT2D eigenvalue weighted by Gasteiger charge is -2.28. The lowest BCUT2D eigenvalue weighted by atomic mass is 9.89. The van der Waals surface area contributed by atoms with Crippen molar-refractivity contribution in [2.45, 2.75) is 25.7 Å². The van der Waals surface area contributed by atoms with Crippen LogP contribution in [0.15, 0.2) is 40.8 Å². The molecule has 1 unspecified atom stereocenters. The van der Waals surface area contributed by atoms with Crippen LogP contribution < -0.4 is 14.9 Å². The number of fused-ring (bicyclic) bond motifs is 1. The molecule has 2 N–H and O–H groups in total. The van der Waals surface area contributed by atoms with Crippen LogP contribution >= 0.6 is 0 Å². The summed E-state index contributed by atoms with van der Waals surface area (Å²) in [5, 5.41) is 6.63. The van der Waals surface area contributed by atoms with Crippen molar-refractivity contribution in [1.82, 2.24) is 10.6 Å². The number of nitrogens with one attached hydrogen (secondary N) is 2. The molecule has 0 aliphatic carbocycles. The Kier molecular flexibility index (Phi) is 6.48. The van der Waals surface area contributed by atoms with E-state index in [9.17, 15) is 17.6 Å². The molecule has 1 aliphatic rings. The first kappa shape index (κ1) is 22.3. The summed E-state index contributed by atoms with van der Waals surface area (Å²) in [5.74, 6) is -0.294. The predicted octanol–water partition coefficient (Wildman–Crippen LogP) is 3.42. The number of carbonyl (C=O) groups excluding carboxylic acids is 1. The fraction of sp³-hybridized carbons (Fsp3) is 0.348. The third-order valence-electron chi connectivity index (χ3n) is 5.91. The van der Waals surface area contributed by atoms with Gasteiger partial charge in [-0.05, 0) is 68.1 Å². The van der Waals surface area contributed by atoms with Gasteiger partial charge in [0.15, 0.2) is 0 Å². The number of halogens is 1. The minimum absolute atomic E-state index is 0.105. The van der Waals surface area contributed by atoms with E-state index >= 15 is 0 Å². The van der Waals surface area contributed by atoms with E-state index < -0.39 is 16.7 Å². The van der Waals surface area contributed by atoms with Gasteiger partial charge in [0.1, 0.15) is 17.2 Å². The van der Waals surface area contributed by atoms with Crippen LogP contribution in [0.3, 0.4) is 0 Å². The smallest absolute Gasteiger partial charge is 0.255 e. The Morgan fingerprint density at radius 1 is 1.28 bits per heavy atom. The van der Waals surface area contributed by atoms with Gasteiger partial charge in [0.25, 0.3) is 5.91 Å². The van der Waals surface area contributed by atoms with E-state index in [0.29, 0.717) is 33.5 Å². The zero-order chi connectivity index (χ0) is 22.8. The summed E-state index contributed by atoms with van der Waals surface area (Å²) < 4.78 is 44.9. The monoisotopic (exact) mass is 459 g/mol. The van der Waals surface area contributed by atoms with Crippen molar-refractivity contribution in [2.75, 3.05) is 31.0 Å². The van der Waals surface area contributed by atoms with E-state index in [1.165, 1.54) is 23.5 Å². The maximum atomic E-state index is 13.5. The Morgan fingerprint density at radius 2 is 2.03 bits per heavy atom. The molecule has 0 radical (unpaired) electrons. The van der Waals surface area contributed by atoms with E-state index in [1.807, 2.05) is 6.07 Å². The molecule has 32 heavy (non-hydrogen) atoms. The second-order valence-electron chi connectivity index (χ2n) is 7.80. The van der Waals surface area contributed by atoms with Gasteiger partial charge in [0.2, 0.25) is 10.9 Å². The number of hydrogen-bond acceptors (Lipinski definition) is 5. The van der Waals surface area contributed by atoms with Crippen LogP contribution in [0, 0.1) is 5.82 Å². The summed E-state index contributed by atoms with van der Waals surface area (Å²) in [5.41, 5.74) is 2.74. The van der Waals surface area contributed by atoms with Crippen LogP contribution in [0.4, 0.5) is 10.1 Å². The number of thiol groups is 1. The summed E-state index contributed by atoms with van der Waals surface area (Å²) in [6, 6.07) is 9.31. The number of anilines is 1. The lowest BCUT2D eigenvalue weighted by Crippen LogP contribution is -2.30. The summed E-state index contributed by atoms with van der Waals surface area (Å²) in [7, 11) is -1.31. The molecule has 4 rings (SSSR count). The molecule has 1 atom stereocenters. The zero-order valence-electron chi connectivity index (χ0n) is 18.0. The second kappa shape index (κ2) is 9.30.